The lowest BCUT2D eigenvalue weighted by Crippen LogP contribution is -2.48. The molecule has 1 atom stereocenters. The van der Waals surface area contributed by atoms with Crippen LogP contribution in [0.2, 0.25) is 0 Å². The van der Waals surface area contributed by atoms with Gasteiger partial charge in [0.25, 0.3) is 0 Å². The fourth-order valence-corrected chi connectivity index (χ4v) is 4.26. The van der Waals surface area contributed by atoms with Crippen LogP contribution in [0.15, 0.2) is 24.3 Å². The smallest absolute Gasteiger partial charge is 0.308 e. The average Bonchev–Trinajstić information content (AvgIpc) is 2.68. The first-order chi connectivity index (χ1) is 14.5. The Bertz CT molecular complexity index is 1010. The average molecular weight is 426 g/mol. The van der Waals surface area contributed by atoms with Gasteiger partial charge in [0.05, 0.1) is 12.0 Å². The second-order valence-electron chi connectivity index (χ2n) is 8.84. The molecule has 2 N–H and O–H groups in total. The predicted molar refractivity (Wildman–Crippen MR) is 120 cm³/mol. The van der Waals surface area contributed by atoms with E-state index in [4.69, 9.17) is 19.9 Å². The Kier molecular flexibility index (Phi) is 6.30. The molecule has 0 spiro atoms. The van der Waals surface area contributed by atoms with Gasteiger partial charge in [-0.25, -0.2) is 0 Å². The second kappa shape index (κ2) is 8.61. The van der Waals surface area contributed by atoms with Crippen LogP contribution < -0.4 is 19.9 Å². The molecule has 2 aromatic carbocycles. The zero-order valence-corrected chi connectivity index (χ0v) is 19.1. The fraction of sp³-hybridized carbons (Fsp3) is 0.440. The van der Waals surface area contributed by atoms with Gasteiger partial charge in [-0.2, -0.15) is 0 Å². The van der Waals surface area contributed by atoms with Crippen molar-refractivity contribution in [2.24, 2.45) is 5.92 Å². The maximum Gasteiger partial charge on any atom is 0.308 e. The van der Waals surface area contributed by atoms with E-state index in [1.807, 2.05) is 26.0 Å². The molecule has 1 aliphatic heterocycles. The summed E-state index contributed by atoms with van der Waals surface area (Å²) in [5, 5.41) is 0. The largest absolute Gasteiger partial charge is 0.489 e. The lowest BCUT2D eigenvalue weighted by Gasteiger charge is -2.40. The molecular weight excluding hydrogens is 394 g/mol. The summed E-state index contributed by atoms with van der Waals surface area (Å²) in [5.74, 6) is 1.53. The van der Waals surface area contributed by atoms with Crippen molar-refractivity contribution in [2.75, 3.05) is 12.3 Å². The van der Waals surface area contributed by atoms with Gasteiger partial charge in [0.15, 0.2) is 11.4 Å². The zero-order valence-electron chi connectivity index (χ0n) is 19.1. The topological polar surface area (TPSA) is 87.9 Å². The monoisotopic (exact) mass is 425 g/mol. The van der Waals surface area contributed by atoms with Gasteiger partial charge >= 0.3 is 5.97 Å². The molecule has 31 heavy (non-hydrogen) atoms. The molecule has 1 unspecified atom stereocenters. The molecule has 0 saturated heterocycles. The van der Waals surface area contributed by atoms with E-state index in [2.05, 4.69) is 13.8 Å². The van der Waals surface area contributed by atoms with E-state index >= 15 is 0 Å². The second-order valence-corrected chi connectivity index (χ2v) is 8.84. The van der Waals surface area contributed by atoms with E-state index in [1.54, 1.807) is 19.1 Å². The molecule has 166 valence electrons. The third kappa shape index (κ3) is 4.68. The predicted octanol–water partition coefficient (Wildman–Crippen LogP) is 4.95. The number of carbonyl (C=O) groups excluding carboxylic acids is 2. The number of ketones is 1. The summed E-state index contributed by atoms with van der Waals surface area (Å²) in [7, 11) is 0. The van der Waals surface area contributed by atoms with Gasteiger partial charge in [0, 0.05) is 18.2 Å². The maximum atomic E-state index is 13.4. The normalized spacial score (nSPS) is 17.8. The van der Waals surface area contributed by atoms with Crippen molar-refractivity contribution in [2.45, 2.75) is 60.0 Å². The summed E-state index contributed by atoms with van der Waals surface area (Å²) in [6, 6.07) is 7.17. The van der Waals surface area contributed by atoms with Crippen molar-refractivity contribution in [3.63, 3.8) is 0 Å². The molecule has 3 rings (SSSR count). The van der Waals surface area contributed by atoms with Gasteiger partial charge in [-0.1, -0.05) is 13.8 Å². The first-order valence-corrected chi connectivity index (χ1v) is 10.6. The highest BCUT2D eigenvalue weighted by Gasteiger charge is 2.44. The Labute approximate surface area is 183 Å². The number of benzene rings is 2. The lowest BCUT2D eigenvalue weighted by atomic mass is 9.81. The van der Waals surface area contributed by atoms with Crippen LogP contribution in [0.25, 0.3) is 0 Å². The summed E-state index contributed by atoms with van der Waals surface area (Å²) >= 11 is 0. The SMILES string of the molecule is CC(=O)Oc1c(C)c(C)c2c(c1C)C(=O)CC(COc1ccc(N)cc1)(CC(C)C)O2. The first-order valence-electron chi connectivity index (χ1n) is 10.6. The lowest BCUT2D eigenvalue weighted by molar-refractivity contribution is -0.132. The quantitative estimate of drug-likeness (QED) is 0.400. The van der Waals surface area contributed by atoms with Crippen molar-refractivity contribution >= 4 is 17.4 Å². The maximum absolute atomic E-state index is 13.4. The van der Waals surface area contributed by atoms with E-state index in [-0.39, 0.29) is 18.8 Å². The molecule has 1 aliphatic rings. The Balaban J connectivity index is 2.01. The van der Waals surface area contributed by atoms with E-state index in [0.29, 0.717) is 46.4 Å². The summed E-state index contributed by atoms with van der Waals surface area (Å²) in [6.45, 7) is 11.4. The number of nitrogen functional groups attached to an aromatic ring is 1. The molecule has 6 heteroatoms. The van der Waals surface area contributed by atoms with E-state index < -0.39 is 11.6 Å². The van der Waals surface area contributed by atoms with Crippen molar-refractivity contribution in [1.82, 2.24) is 0 Å². The molecular formula is C25H31NO5. The van der Waals surface area contributed by atoms with Crippen LogP contribution in [0.4, 0.5) is 5.69 Å². The highest BCUT2D eigenvalue weighted by Crippen LogP contribution is 2.45. The summed E-state index contributed by atoms with van der Waals surface area (Å²) in [6.07, 6.45) is 0.854. The van der Waals surface area contributed by atoms with Crippen LogP contribution in [0.1, 0.15) is 60.7 Å². The third-order valence-electron chi connectivity index (χ3n) is 5.67. The number of anilines is 1. The molecule has 0 saturated carbocycles. The minimum Gasteiger partial charge on any atom is -0.489 e. The van der Waals surface area contributed by atoms with Crippen LogP contribution >= 0.6 is 0 Å². The van der Waals surface area contributed by atoms with Gasteiger partial charge in [-0.15, -0.1) is 0 Å². The number of carbonyl (C=O) groups is 2. The van der Waals surface area contributed by atoms with Gasteiger partial charge in [-0.05, 0) is 68.5 Å². The Morgan fingerprint density at radius 2 is 1.77 bits per heavy atom. The standard InChI is InChI=1S/C25H31NO5/c1-14(2)11-25(13-29-20-9-7-19(26)8-10-20)12-21(28)22-17(5)23(30-18(6)27)15(3)16(4)24(22)31-25/h7-10,14H,11-13,26H2,1-6H3. The molecule has 0 radical (unpaired) electrons. The van der Waals surface area contributed by atoms with Crippen molar-refractivity contribution in [1.29, 1.82) is 0 Å². The van der Waals surface area contributed by atoms with Gasteiger partial charge in [-0.3, -0.25) is 9.59 Å². The number of hydrogen-bond acceptors (Lipinski definition) is 6. The fourth-order valence-electron chi connectivity index (χ4n) is 4.26. The summed E-state index contributed by atoms with van der Waals surface area (Å²) in [5.41, 5.74) is 8.35. The number of Topliss-reactive ketones (excluding diaryl/α,β-unsaturated/α-hetero) is 1. The van der Waals surface area contributed by atoms with Crippen molar-refractivity contribution in [3.05, 3.63) is 46.5 Å². The Hall–Kier alpha value is -3.02. The highest BCUT2D eigenvalue weighted by molar-refractivity contribution is 6.03. The first kappa shape index (κ1) is 22.7. The number of nitrogens with two attached hydrogens (primary N) is 1. The van der Waals surface area contributed by atoms with Crippen molar-refractivity contribution < 1.29 is 23.8 Å². The number of ether oxygens (including phenoxy) is 3. The van der Waals surface area contributed by atoms with E-state index in [1.165, 1.54) is 6.92 Å². The number of esters is 1. The van der Waals surface area contributed by atoms with Crippen LogP contribution in [-0.4, -0.2) is 24.0 Å². The van der Waals surface area contributed by atoms with Gasteiger partial charge in [0.2, 0.25) is 0 Å². The molecule has 0 amide bonds. The highest BCUT2D eigenvalue weighted by atomic mass is 16.5. The third-order valence-corrected chi connectivity index (χ3v) is 5.67. The molecule has 1 heterocycles. The van der Waals surface area contributed by atoms with Crippen LogP contribution in [-0.2, 0) is 4.79 Å². The van der Waals surface area contributed by atoms with E-state index in [0.717, 1.165) is 11.1 Å². The number of hydrogen-bond donors (Lipinski definition) is 1. The van der Waals surface area contributed by atoms with Crippen molar-refractivity contribution in [3.8, 4) is 17.2 Å². The molecule has 0 aromatic heterocycles. The molecule has 0 fully saturated rings. The van der Waals surface area contributed by atoms with Crippen LogP contribution in [0.3, 0.4) is 0 Å². The summed E-state index contributed by atoms with van der Waals surface area (Å²) in [4.78, 5) is 24.9. The Morgan fingerprint density at radius 1 is 1.13 bits per heavy atom. The molecule has 0 aliphatic carbocycles. The minimum absolute atomic E-state index is 0.0307. The van der Waals surface area contributed by atoms with Gasteiger partial charge < -0.3 is 19.9 Å². The van der Waals surface area contributed by atoms with Gasteiger partial charge in [0.1, 0.15) is 23.9 Å². The molecule has 2 aromatic rings. The van der Waals surface area contributed by atoms with Crippen LogP contribution in [0, 0.1) is 26.7 Å². The number of fused-ring (bicyclic) bond motifs is 1. The molecule has 0 bridgehead atoms. The van der Waals surface area contributed by atoms with Crippen LogP contribution in [0.5, 0.6) is 17.2 Å². The minimum atomic E-state index is -0.785. The molecule has 6 nitrogen and oxygen atoms in total. The van der Waals surface area contributed by atoms with E-state index in [9.17, 15) is 9.59 Å². The zero-order chi connectivity index (χ0) is 22.9. The number of rotatable bonds is 6. The Morgan fingerprint density at radius 3 is 2.35 bits per heavy atom. The summed E-state index contributed by atoms with van der Waals surface area (Å²) < 4.78 is 18.1.